The van der Waals surface area contributed by atoms with E-state index in [0.717, 1.165) is 13.0 Å². The van der Waals surface area contributed by atoms with E-state index in [1.54, 1.807) is 0 Å². The number of hydrogen-bond acceptors (Lipinski definition) is 3. The van der Waals surface area contributed by atoms with Gasteiger partial charge in [0.05, 0.1) is 12.2 Å². The minimum atomic E-state index is 0.163. The summed E-state index contributed by atoms with van der Waals surface area (Å²) in [5, 5.41) is 8.00. The Hall–Kier alpha value is -0.870. The van der Waals surface area contributed by atoms with Crippen molar-refractivity contribution in [3.63, 3.8) is 0 Å². The van der Waals surface area contributed by atoms with Crippen molar-refractivity contribution in [3.05, 3.63) is 18.0 Å². The Balaban J connectivity index is 2.25. The Labute approximate surface area is 123 Å². The Morgan fingerprint density at radius 1 is 1.30 bits per heavy atom. The standard InChI is InChI=1S/C16H30N4/c1-5-16(3,19-10-8-7-9-11-19)15(17-4)14-12-18-20(6-2)13-14/h12-13,15,17H,5-11H2,1-4H3. The Morgan fingerprint density at radius 2 is 2.00 bits per heavy atom. The van der Waals surface area contributed by atoms with Crippen LogP contribution in [-0.4, -0.2) is 40.4 Å². The van der Waals surface area contributed by atoms with Gasteiger partial charge in [-0.2, -0.15) is 5.10 Å². The predicted molar refractivity (Wildman–Crippen MR) is 83.8 cm³/mol. The van der Waals surface area contributed by atoms with Crippen molar-refractivity contribution < 1.29 is 0 Å². The van der Waals surface area contributed by atoms with Crippen molar-refractivity contribution in [1.82, 2.24) is 20.0 Å². The quantitative estimate of drug-likeness (QED) is 0.868. The van der Waals surface area contributed by atoms with Gasteiger partial charge in [0, 0.05) is 23.8 Å². The zero-order valence-electron chi connectivity index (χ0n) is 13.5. The molecule has 20 heavy (non-hydrogen) atoms. The van der Waals surface area contributed by atoms with Gasteiger partial charge in [-0.15, -0.1) is 0 Å². The molecule has 2 atom stereocenters. The third kappa shape index (κ3) is 2.91. The highest BCUT2D eigenvalue weighted by Crippen LogP contribution is 2.35. The van der Waals surface area contributed by atoms with Gasteiger partial charge < -0.3 is 5.32 Å². The summed E-state index contributed by atoms with van der Waals surface area (Å²) in [7, 11) is 2.08. The third-order valence-corrected chi connectivity index (χ3v) is 5.02. The summed E-state index contributed by atoms with van der Waals surface area (Å²) in [6, 6.07) is 0.339. The van der Waals surface area contributed by atoms with Gasteiger partial charge in [0.15, 0.2) is 0 Å². The lowest BCUT2D eigenvalue weighted by Crippen LogP contribution is -2.55. The predicted octanol–water partition coefficient (Wildman–Crippen LogP) is 2.82. The normalized spacial score (nSPS) is 21.6. The second kappa shape index (κ2) is 6.72. The number of likely N-dealkylation sites (N-methyl/N-ethyl adjacent to an activating group) is 1. The lowest BCUT2D eigenvalue weighted by Gasteiger charge is -2.47. The molecule has 114 valence electrons. The number of aryl methyl sites for hydroxylation is 1. The number of rotatable bonds is 6. The van der Waals surface area contributed by atoms with E-state index in [-0.39, 0.29) is 5.54 Å². The van der Waals surface area contributed by atoms with Crippen LogP contribution in [0.15, 0.2) is 12.4 Å². The van der Waals surface area contributed by atoms with Crippen molar-refractivity contribution in [1.29, 1.82) is 0 Å². The number of nitrogens with one attached hydrogen (secondary N) is 1. The van der Waals surface area contributed by atoms with Crippen LogP contribution in [0.5, 0.6) is 0 Å². The average molecular weight is 278 g/mol. The van der Waals surface area contributed by atoms with Gasteiger partial charge >= 0.3 is 0 Å². The number of aromatic nitrogens is 2. The highest BCUT2D eigenvalue weighted by atomic mass is 15.3. The molecule has 1 saturated heterocycles. The molecule has 0 bridgehead atoms. The summed E-state index contributed by atoms with van der Waals surface area (Å²) >= 11 is 0. The van der Waals surface area contributed by atoms with Crippen LogP contribution in [0.3, 0.4) is 0 Å². The maximum Gasteiger partial charge on any atom is 0.0538 e. The highest BCUT2D eigenvalue weighted by molar-refractivity contribution is 5.17. The molecule has 4 heteroatoms. The minimum Gasteiger partial charge on any atom is -0.311 e. The van der Waals surface area contributed by atoms with Gasteiger partial charge in [-0.3, -0.25) is 9.58 Å². The van der Waals surface area contributed by atoms with Gasteiger partial charge in [0.2, 0.25) is 0 Å². The molecule has 0 amide bonds. The molecule has 2 rings (SSSR count). The molecule has 1 aliphatic heterocycles. The molecule has 1 aromatic rings. The van der Waals surface area contributed by atoms with Crippen LogP contribution in [0.4, 0.5) is 0 Å². The SMILES string of the molecule is CCn1cc(C(NC)C(C)(CC)N2CCCCC2)cn1. The van der Waals surface area contributed by atoms with Crippen LogP contribution >= 0.6 is 0 Å². The molecule has 1 fully saturated rings. The highest BCUT2D eigenvalue weighted by Gasteiger charge is 2.39. The van der Waals surface area contributed by atoms with E-state index in [2.05, 4.69) is 49.3 Å². The zero-order valence-corrected chi connectivity index (χ0v) is 13.5. The molecule has 1 aromatic heterocycles. The van der Waals surface area contributed by atoms with E-state index in [4.69, 9.17) is 0 Å². The van der Waals surface area contributed by atoms with E-state index >= 15 is 0 Å². The molecule has 2 unspecified atom stereocenters. The molecule has 1 aliphatic rings. The average Bonchev–Trinajstić information content (AvgIpc) is 2.97. The van der Waals surface area contributed by atoms with Crippen LogP contribution < -0.4 is 5.32 Å². The summed E-state index contributed by atoms with van der Waals surface area (Å²) < 4.78 is 2.02. The van der Waals surface area contributed by atoms with Gasteiger partial charge in [-0.1, -0.05) is 13.3 Å². The molecule has 0 radical (unpaired) electrons. The first-order chi connectivity index (χ1) is 9.65. The maximum absolute atomic E-state index is 4.45. The Kier molecular flexibility index (Phi) is 5.22. The van der Waals surface area contributed by atoms with Gasteiger partial charge in [0.25, 0.3) is 0 Å². The summed E-state index contributed by atoms with van der Waals surface area (Å²) in [5.41, 5.74) is 1.47. The smallest absolute Gasteiger partial charge is 0.0538 e. The molecule has 0 saturated carbocycles. The fourth-order valence-electron chi connectivity index (χ4n) is 3.55. The maximum atomic E-state index is 4.45. The van der Waals surface area contributed by atoms with E-state index < -0.39 is 0 Å². The van der Waals surface area contributed by atoms with E-state index in [9.17, 15) is 0 Å². The van der Waals surface area contributed by atoms with Gasteiger partial charge in [0.1, 0.15) is 0 Å². The molecule has 2 heterocycles. The van der Waals surface area contributed by atoms with E-state index in [0.29, 0.717) is 6.04 Å². The zero-order chi connectivity index (χ0) is 14.6. The number of nitrogens with zero attached hydrogens (tertiary/aromatic N) is 3. The van der Waals surface area contributed by atoms with Crippen LogP contribution in [-0.2, 0) is 6.54 Å². The lowest BCUT2D eigenvalue weighted by molar-refractivity contribution is 0.0448. The Bertz CT molecular complexity index is 408. The Morgan fingerprint density at radius 3 is 2.50 bits per heavy atom. The van der Waals surface area contributed by atoms with Crippen molar-refractivity contribution in [2.75, 3.05) is 20.1 Å². The monoisotopic (exact) mass is 278 g/mol. The topological polar surface area (TPSA) is 33.1 Å². The van der Waals surface area contributed by atoms with Crippen molar-refractivity contribution in [2.45, 2.75) is 64.6 Å². The van der Waals surface area contributed by atoms with Crippen LogP contribution in [0.25, 0.3) is 0 Å². The van der Waals surface area contributed by atoms with E-state index in [1.165, 1.54) is 37.9 Å². The first-order valence-electron chi connectivity index (χ1n) is 8.10. The fraction of sp³-hybridized carbons (Fsp3) is 0.812. The van der Waals surface area contributed by atoms with Crippen molar-refractivity contribution in [2.24, 2.45) is 0 Å². The van der Waals surface area contributed by atoms with Crippen molar-refractivity contribution >= 4 is 0 Å². The second-order valence-electron chi connectivity index (χ2n) is 6.11. The molecule has 0 spiro atoms. The minimum absolute atomic E-state index is 0.163. The number of piperidine rings is 1. The van der Waals surface area contributed by atoms with Crippen LogP contribution in [0, 0.1) is 0 Å². The molecule has 4 nitrogen and oxygen atoms in total. The first kappa shape index (κ1) is 15.5. The molecule has 0 aliphatic carbocycles. The summed E-state index contributed by atoms with van der Waals surface area (Å²) in [6.45, 7) is 10.2. The summed E-state index contributed by atoms with van der Waals surface area (Å²) in [5.74, 6) is 0. The van der Waals surface area contributed by atoms with Gasteiger partial charge in [-0.05, 0) is 53.2 Å². The van der Waals surface area contributed by atoms with E-state index in [1.807, 2.05) is 10.9 Å². The van der Waals surface area contributed by atoms with Crippen LogP contribution in [0.2, 0.25) is 0 Å². The van der Waals surface area contributed by atoms with Gasteiger partial charge in [-0.25, -0.2) is 0 Å². The molecular formula is C16H30N4. The molecule has 0 aromatic carbocycles. The van der Waals surface area contributed by atoms with Crippen LogP contribution in [0.1, 0.15) is 58.1 Å². The summed E-state index contributed by atoms with van der Waals surface area (Å²) in [4.78, 5) is 2.68. The van der Waals surface area contributed by atoms with Crippen molar-refractivity contribution in [3.8, 4) is 0 Å². The third-order valence-electron chi connectivity index (χ3n) is 5.02. The summed E-state index contributed by atoms with van der Waals surface area (Å²) in [6.07, 6.45) is 9.42. The molecular weight excluding hydrogens is 248 g/mol. The largest absolute Gasteiger partial charge is 0.311 e. The number of likely N-dealkylation sites (tertiary alicyclic amines) is 1. The lowest BCUT2D eigenvalue weighted by atomic mass is 9.83. The fourth-order valence-corrected chi connectivity index (χ4v) is 3.55. The number of hydrogen-bond donors (Lipinski definition) is 1. The molecule has 1 N–H and O–H groups in total. The first-order valence-corrected chi connectivity index (χ1v) is 8.10. The second-order valence-corrected chi connectivity index (χ2v) is 6.11.